The summed E-state index contributed by atoms with van der Waals surface area (Å²) >= 11 is 0. The monoisotopic (exact) mass is 290 g/mol. The van der Waals surface area contributed by atoms with Gasteiger partial charge in [0.15, 0.2) is 0 Å². The fourth-order valence-electron chi connectivity index (χ4n) is 1.68. The van der Waals surface area contributed by atoms with Crippen LogP contribution >= 0.6 is 0 Å². The van der Waals surface area contributed by atoms with Gasteiger partial charge in [0.05, 0.1) is 22.5 Å². The van der Waals surface area contributed by atoms with Crippen LogP contribution in [0.5, 0.6) is 11.5 Å². The van der Waals surface area contributed by atoms with Crippen molar-refractivity contribution < 1.29 is 19.7 Å². The van der Waals surface area contributed by atoms with Gasteiger partial charge in [-0.2, -0.15) is 0 Å². The SMILES string of the molecule is O=[N+]([O-])c1ccc(Oc2cccc(CO)c2)c([N+](=O)[O-])c1. The largest absolute Gasteiger partial charge is 0.450 e. The van der Waals surface area contributed by atoms with Crippen LogP contribution in [0.4, 0.5) is 11.4 Å². The number of ether oxygens (including phenoxy) is 1. The van der Waals surface area contributed by atoms with Crippen LogP contribution in [0.15, 0.2) is 42.5 Å². The molecule has 108 valence electrons. The summed E-state index contributed by atoms with van der Waals surface area (Å²) < 4.78 is 5.37. The first-order valence-electron chi connectivity index (χ1n) is 5.81. The van der Waals surface area contributed by atoms with Crippen molar-refractivity contribution in [1.29, 1.82) is 0 Å². The second-order valence-corrected chi connectivity index (χ2v) is 4.07. The molecular weight excluding hydrogens is 280 g/mol. The third-order valence-corrected chi connectivity index (χ3v) is 2.66. The van der Waals surface area contributed by atoms with Gasteiger partial charge in [-0.05, 0) is 23.8 Å². The van der Waals surface area contributed by atoms with Crippen molar-refractivity contribution in [2.75, 3.05) is 0 Å². The molecule has 0 spiro atoms. The van der Waals surface area contributed by atoms with Crippen LogP contribution in [-0.2, 0) is 6.61 Å². The molecular formula is C13H10N2O6. The molecule has 0 heterocycles. The highest BCUT2D eigenvalue weighted by atomic mass is 16.6. The predicted octanol–water partition coefficient (Wildman–Crippen LogP) is 2.79. The lowest BCUT2D eigenvalue weighted by molar-refractivity contribution is -0.394. The molecule has 0 aliphatic heterocycles. The van der Waals surface area contributed by atoms with Gasteiger partial charge in [-0.1, -0.05) is 12.1 Å². The van der Waals surface area contributed by atoms with E-state index in [1.54, 1.807) is 18.2 Å². The first-order chi connectivity index (χ1) is 10.0. The second-order valence-electron chi connectivity index (χ2n) is 4.07. The molecule has 0 radical (unpaired) electrons. The third kappa shape index (κ3) is 3.31. The zero-order valence-electron chi connectivity index (χ0n) is 10.6. The van der Waals surface area contributed by atoms with Crippen molar-refractivity contribution in [1.82, 2.24) is 0 Å². The summed E-state index contributed by atoms with van der Waals surface area (Å²) in [5.74, 6) is 0.180. The maximum absolute atomic E-state index is 11.0. The molecule has 1 N–H and O–H groups in total. The standard InChI is InChI=1S/C13H10N2O6/c16-8-9-2-1-3-11(6-9)21-13-5-4-10(14(17)18)7-12(13)15(19)20/h1-7,16H,8H2. The van der Waals surface area contributed by atoms with Gasteiger partial charge in [0, 0.05) is 6.07 Å². The summed E-state index contributed by atoms with van der Waals surface area (Å²) in [6.07, 6.45) is 0. The van der Waals surface area contributed by atoms with E-state index in [2.05, 4.69) is 0 Å². The molecule has 0 saturated carbocycles. The van der Waals surface area contributed by atoms with Crippen molar-refractivity contribution in [3.63, 3.8) is 0 Å². The Balaban J connectivity index is 2.38. The summed E-state index contributed by atoms with van der Waals surface area (Å²) in [5, 5.41) is 30.6. The lowest BCUT2D eigenvalue weighted by Gasteiger charge is -2.07. The molecule has 2 aromatic rings. The van der Waals surface area contributed by atoms with Crippen molar-refractivity contribution in [3.05, 3.63) is 68.3 Å². The minimum atomic E-state index is -0.752. The Bertz CT molecular complexity index is 701. The molecule has 2 rings (SSSR count). The van der Waals surface area contributed by atoms with E-state index in [9.17, 15) is 20.2 Å². The number of aliphatic hydroxyl groups is 1. The highest BCUT2D eigenvalue weighted by Gasteiger charge is 2.21. The average molecular weight is 290 g/mol. The summed E-state index contributed by atoms with van der Waals surface area (Å²) in [7, 11) is 0. The van der Waals surface area contributed by atoms with Crippen LogP contribution < -0.4 is 4.74 Å². The summed E-state index contributed by atoms with van der Waals surface area (Å²) in [4.78, 5) is 20.1. The number of nitro benzene ring substituents is 2. The summed E-state index contributed by atoms with van der Waals surface area (Å²) in [6.45, 7) is -0.195. The Kier molecular flexibility index (Phi) is 4.10. The zero-order chi connectivity index (χ0) is 15.4. The number of aliphatic hydroxyl groups excluding tert-OH is 1. The molecule has 0 fully saturated rings. The van der Waals surface area contributed by atoms with Crippen LogP contribution in [0.3, 0.4) is 0 Å². The second kappa shape index (κ2) is 5.97. The van der Waals surface area contributed by atoms with Crippen LogP contribution in [0.25, 0.3) is 0 Å². The quantitative estimate of drug-likeness (QED) is 0.668. The van der Waals surface area contributed by atoms with E-state index >= 15 is 0 Å². The number of rotatable bonds is 5. The minimum absolute atomic E-state index is 0.110. The van der Waals surface area contributed by atoms with Gasteiger partial charge >= 0.3 is 5.69 Å². The number of nitro groups is 2. The Labute approximate surface area is 118 Å². The van der Waals surface area contributed by atoms with Crippen molar-refractivity contribution in [2.24, 2.45) is 0 Å². The molecule has 0 amide bonds. The van der Waals surface area contributed by atoms with Crippen LogP contribution in [0.1, 0.15) is 5.56 Å². The van der Waals surface area contributed by atoms with Crippen molar-refractivity contribution >= 4 is 11.4 Å². The van der Waals surface area contributed by atoms with Crippen molar-refractivity contribution in [3.8, 4) is 11.5 Å². The lowest BCUT2D eigenvalue weighted by Crippen LogP contribution is -1.96. The van der Waals surface area contributed by atoms with Crippen LogP contribution in [0, 0.1) is 20.2 Å². The fraction of sp³-hybridized carbons (Fsp3) is 0.0769. The third-order valence-electron chi connectivity index (χ3n) is 2.66. The number of non-ortho nitro benzene ring substituents is 1. The maximum Gasteiger partial charge on any atom is 0.318 e. The molecule has 0 bridgehead atoms. The molecule has 0 saturated heterocycles. The first kappa shape index (κ1) is 14.4. The van der Waals surface area contributed by atoms with Gasteiger partial charge in [-0.25, -0.2) is 0 Å². The molecule has 8 nitrogen and oxygen atoms in total. The van der Waals surface area contributed by atoms with E-state index < -0.39 is 21.2 Å². The van der Waals surface area contributed by atoms with Crippen molar-refractivity contribution in [2.45, 2.75) is 6.61 Å². The molecule has 21 heavy (non-hydrogen) atoms. The molecule has 8 heteroatoms. The Hall–Kier alpha value is -3.00. The molecule has 0 aliphatic carbocycles. The Morgan fingerprint density at radius 2 is 1.81 bits per heavy atom. The maximum atomic E-state index is 11.0. The topological polar surface area (TPSA) is 116 Å². The molecule has 2 aromatic carbocycles. The van der Waals surface area contributed by atoms with E-state index in [4.69, 9.17) is 9.84 Å². The average Bonchev–Trinajstić information content (AvgIpc) is 2.47. The Morgan fingerprint density at radius 3 is 2.43 bits per heavy atom. The number of hydrogen-bond acceptors (Lipinski definition) is 6. The molecule has 0 atom stereocenters. The van der Waals surface area contributed by atoms with Gasteiger partial charge in [0.2, 0.25) is 5.75 Å². The molecule has 0 unspecified atom stereocenters. The van der Waals surface area contributed by atoms with E-state index in [0.29, 0.717) is 11.3 Å². The van der Waals surface area contributed by atoms with Crippen LogP contribution in [-0.4, -0.2) is 15.0 Å². The lowest BCUT2D eigenvalue weighted by atomic mass is 10.2. The fourth-order valence-corrected chi connectivity index (χ4v) is 1.68. The first-order valence-corrected chi connectivity index (χ1v) is 5.81. The highest BCUT2D eigenvalue weighted by Crippen LogP contribution is 2.34. The van der Waals surface area contributed by atoms with Gasteiger partial charge in [0.25, 0.3) is 5.69 Å². The zero-order valence-corrected chi connectivity index (χ0v) is 10.6. The number of nitrogens with zero attached hydrogens (tertiary/aromatic N) is 2. The molecule has 0 aromatic heterocycles. The summed E-state index contributed by atoms with van der Waals surface area (Å²) in [6, 6.07) is 9.50. The normalized spacial score (nSPS) is 10.1. The summed E-state index contributed by atoms with van der Waals surface area (Å²) in [5.41, 5.74) is -0.311. The van der Waals surface area contributed by atoms with Gasteiger partial charge in [-0.3, -0.25) is 20.2 Å². The van der Waals surface area contributed by atoms with E-state index in [-0.39, 0.29) is 12.4 Å². The van der Waals surface area contributed by atoms with E-state index in [1.165, 1.54) is 12.1 Å². The van der Waals surface area contributed by atoms with Gasteiger partial charge in [-0.15, -0.1) is 0 Å². The Morgan fingerprint density at radius 1 is 1.05 bits per heavy atom. The van der Waals surface area contributed by atoms with E-state index in [1.807, 2.05) is 0 Å². The minimum Gasteiger partial charge on any atom is -0.450 e. The predicted molar refractivity (Wildman–Crippen MR) is 72.2 cm³/mol. The number of benzene rings is 2. The van der Waals surface area contributed by atoms with E-state index in [0.717, 1.165) is 12.1 Å². The smallest absolute Gasteiger partial charge is 0.318 e. The van der Waals surface area contributed by atoms with Gasteiger partial charge in [0.1, 0.15) is 5.75 Å². The van der Waals surface area contributed by atoms with Crippen LogP contribution in [0.2, 0.25) is 0 Å². The molecule has 0 aliphatic rings. The number of hydrogen-bond donors (Lipinski definition) is 1. The van der Waals surface area contributed by atoms with Gasteiger partial charge < -0.3 is 9.84 Å². The highest BCUT2D eigenvalue weighted by molar-refractivity contribution is 5.54.